The van der Waals surface area contributed by atoms with Gasteiger partial charge in [-0.1, -0.05) is 132 Å². The van der Waals surface area contributed by atoms with Crippen LogP contribution in [0.3, 0.4) is 0 Å². The van der Waals surface area contributed by atoms with Crippen LogP contribution in [0.2, 0.25) is 0 Å². The van der Waals surface area contributed by atoms with Gasteiger partial charge in [0.05, 0.1) is 26.4 Å². The van der Waals surface area contributed by atoms with Crippen molar-refractivity contribution in [1.29, 1.82) is 0 Å². The number of hydrogen-bond acceptors (Lipinski definition) is 8. The average molecular weight is 755 g/mol. The number of phosphoric ester groups is 2. The summed E-state index contributed by atoms with van der Waals surface area (Å²) in [4.78, 5) is 23.6. The van der Waals surface area contributed by atoms with Crippen LogP contribution in [0.1, 0.15) is 158 Å². The van der Waals surface area contributed by atoms with Gasteiger partial charge in [-0.3, -0.25) is 9.13 Å². The van der Waals surface area contributed by atoms with Gasteiger partial charge in [0, 0.05) is 0 Å². The van der Waals surface area contributed by atoms with Crippen molar-refractivity contribution in [3.63, 3.8) is 0 Å². The van der Waals surface area contributed by atoms with Crippen molar-refractivity contribution < 1.29 is 64.3 Å². The zero-order valence-corrected chi connectivity index (χ0v) is 35.1. The summed E-state index contributed by atoms with van der Waals surface area (Å²) in [6.45, 7) is 17.8. The van der Waals surface area contributed by atoms with E-state index in [1.807, 2.05) is 0 Å². The van der Waals surface area contributed by atoms with E-state index in [-0.39, 0.29) is 53.7 Å². The third-order valence-corrected chi connectivity index (χ3v) is 9.91. The van der Waals surface area contributed by atoms with Gasteiger partial charge in [0.1, 0.15) is 0 Å². The van der Waals surface area contributed by atoms with Crippen molar-refractivity contribution in [2.45, 2.75) is 158 Å². The summed E-state index contributed by atoms with van der Waals surface area (Å²) in [5, 5.41) is 0. The van der Waals surface area contributed by atoms with Crippen molar-refractivity contribution in [2.75, 3.05) is 26.4 Å². The minimum absolute atomic E-state index is 0. The maximum Gasteiger partial charge on any atom is 2.00 e. The van der Waals surface area contributed by atoms with Gasteiger partial charge in [-0.2, -0.15) is 0 Å². The Hall–Kier alpha value is 1.14. The molecule has 0 aliphatic rings. The van der Waals surface area contributed by atoms with Gasteiger partial charge < -0.3 is 27.9 Å². The van der Waals surface area contributed by atoms with Crippen LogP contribution in [-0.2, 0) is 54.5 Å². The van der Waals surface area contributed by atoms with Gasteiger partial charge in [-0.05, 0) is 49.4 Å². The molecule has 0 heterocycles. The minimum Gasteiger partial charge on any atom is -0.756 e. The normalized spacial score (nSPS) is 17.0. The number of phosphoric acid groups is 2. The van der Waals surface area contributed by atoms with E-state index in [0.717, 1.165) is 103 Å². The van der Waals surface area contributed by atoms with E-state index in [1.165, 1.54) is 0 Å². The first-order valence-electron chi connectivity index (χ1n) is 17.2. The molecule has 0 spiro atoms. The Morgan fingerprint density at radius 1 is 0.442 bits per heavy atom. The molecule has 0 saturated carbocycles. The quantitative estimate of drug-likeness (QED) is 0.0573. The molecule has 0 aromatic rings. The van der Waals surface area contributed by atoms with E-state index < -0.39 is 15.6 Å². The second-order valence-corrected chi connectivity index (χ2v) is 14.6. The first-order valence-corrected chi connectivity index (χ1v) is 20.1. The summed E-state index contributed by atoms with van der Waals surface area (Å²) in [6, 6.07) is 0. The zero-order chi connectivity index (χ0) is 32.3. The maximum absolute atomic E-state index is 11.8. The molecule has 4 unspecified atom stereocenters. The summed E-state index contributed by atoms with van der Waals surface area (Å²) in [7, 11) is -8.28. The van der Waals surface area contributed by atoms with Crippen LogP contribution >= 0.6 is 15.6 Å². The first kappa shape index (κ1) is 48.5. The van der Waals surface area contributed by atoms with Gasteiger partial charge in [0.2, 0.25) is 0 Å². The molecule has 256 valence electrons. The Balaban J connectivity index is -0.000000727. The van der Waals surface area contributed by atoms with Crippen molar-refractivity contribution in [3.05, 3.63) is 0 Å². The third kappa shape index (κ3) is 30.2. The molecule has 0 radical (unpaired) electrons. The second-order valence-electron chi connectivity index (χ2n) is 11.7. The molecule has 8 nitrogen and oxygen atoms in total. The van der Waals surface area contributed by atoms with Gasteiger partial charge in [0.25, 0.3) is 15.6 Å². The van der Waals surface area contributed by atoms with Gasteiger partial charge >= 0.3 is 27.3 Å². The van der Waals surface area contributed by atoms with Crippen LogP contribution in [0, 0.1) is 23.7 Å². The smallest absolute Gasteiger partial charge is 0.756 e. The summed E-state index contributed by atoms with van der Waals surface area (Å²) >= 11 is 0. The van der Waals surface area contributed by atoms with E-state index >= 15 is 0 Å². The Morgan fingerprint density at radius 2 is 0.628 bits per heavy atom. The molecule has 4 atom stereocenters. The van der Waals surface area contributed by atoms with Crippen LogP contribution in [0.25, 0.3) is 0 Å². The minimum atomic E-state index is -4.14. The zero-order valence-electron chi connectivity index (χ0n) is 29.3. The average Bonchev–Trinajstić information content (AvgIpc) is 2.98. The summed E-state index contributed by atoms with van der Waals surface area (Å²) in [6.07, 6.45) is 16.8. The largest absolute Gasteiger partial charge is 2.00 e. The van der Waals surface area contributed by atoms with Gasteiger partial charge in [0.15, 0.2) is 0 Å². The molecule has 0 aromatic heterocycles. The Kier molecular flexibility index (Phi) is 35.8. The molecule has 0 saturated heterocycles. The second kappa shape index (κ2) is 31.7. The monoisotopic (exact) mass is 756 g/mol. The molecule has 0 fully saturated rings. The van der Waals surface area contributed by atoms with Crippen molar-refractivity contribution >= 4 is 15.6 Å². The Morgan fingerprint density at radius 3 is 0.767 bits per heavy atom. The first-order chi connectivity index (χ1) is 20.0. The molecule has 11 heteroatoms. The van der Waals surface area contributed by atoms with E-state index in [1.54, 1.807) is 0 Å². The topological polar surface area (TPSA) is 117 Å². The molecule has 0 aliphatic heterocycles. The molecule has 0 bridgehead atoms. The fourth-order valence-corrected chi connectivity index (χ4v) is 6.18. The van der Waals surface area contributed by atoms with E-state index in [4.69, 9.17) is 18.1 Å². The summed E-state index contributed by atoms with van der Waals surface area (Å²) in [5.41, 5.74) is 0. The van der Waals surface area contributed by atoms with Crippen molar-refractivity contribution in [2.24, 2.45) is 23.7 Å². The SMILES string of the molecule is CCCCC(CC)COP(=O)([O-])OCC(CC)CCCC.CCCCC(CC)COP(=O)([O-])OCC(CC)CCCC.[Cd+2]. The van der Waals surface area contributed by atoms with E-state index in [0.29, 0.717) is 23.7 Å². The van der Waals surface area contributed by atoms with Gasteiger partial charge in [-0.25, -0.2) is 0 Å². The van der Waals surface area contributed by atoms with Crippen LogP contribution in [-0.4, -0.2) is 26.4 Å². The van der Waals surface area contributed by atoms with Crippen LogP contribution < -0.4 is 9.79 Å². The number of unbranched alkanes of at least 4 members (excludes halogenated alkanes) is 4. The molecule has 0 amide bonds. The molecular formula is C32H68CdO8P2. The van der Waals surface area contributed by atoms with Crippen molar-refractivity contribution in [1.82, 2.24) is 0 Å². The predicted molar refractivity (Wildman–Crippen MR) is 172 cm³/mol. The number of hydrogen-bond donors (Lipinski definition) is 0. The van der Waals surface area contributed by atoms with Gasteiger partial charge in [-0.15, -0.1) is 0 Å². The Bertz CT molecular complexity index is 582. The van der Waals surface area contributed by atoms with E-state index in [9.17, 15) is 18.9 Å². The fourth-order valence-electron chi connectivity index (χ4n) is 4.45. The molecular weight excluding hydrogens is 687 g/mol. The summed E-state index contributed by atoms with van der Waals surface area (Å²) < 4.78 is 43.8. The molecule has 0 aromatic carbocycles. The molecule has 0 N–H and O–H groups in total. The molecule has 0 rings (SSSR count). The van der Waals surface area contributed by atoms with E-state index in [2.05, 4.69) is 55.4 Å². The number of rotatable bonds is 28. The Labute approximate surface area is 286 Å². The maximum atomic E-state index is 11.8. The fraction of sp³-hybridized carbons (Fsp3) is 1.00. The van der Waals surface area contributed by atoms with Crippen LogP contribution in [0.15, 0.2) is 0 Å². The third-order valence-electron chi connectivity index (χ3n) is 8.05. The summed E-state index contributed by atoms with van der Waals surface area (Å²) in [5.74, 6) is 1.21. The molecule has 0 aliphatic carbocycles. The van der Waals surface area contributed by atoms with Crippen LogP contribution in [0.4, 0.5) is 0 Å². The van der Waals surface area contributed by atoms with Crippen LogP contribution in [0.5, 0.6) is 0 Å². The predicted octanol–water partition coefficient (Wildman–Crippen LogP) is 9.84. The standard InChI is InChI=1S/2C16H35O4P.Cd/c2*1-5-9-11-15(7-3)13-19-21(17,18)20-14-16(8-4)12-10-6-2;/h2*15-16H,5-14H2,1-4H3,(H,17,18);/q;;+2/p-2. The van der Waals surface area contributed by atoms with Crippen molar-refractivity contribution in [3.8, 4) is 0 Å². The molecule has 43 heavy (non-hydrogen) atoms.